The summed E-state index contributed by atoms with van der Waals surface area (Å²) in [4.78, 5) is 37.8. The van der Waals surface area contributed by atoms with Gasteiger partial charge in [-0.25, -0.2) is 0 Å². The molecule has 0 bridgehead atoms. The Labute approximate surface area is 348 Å². The van der Waals surface area contributed by atoms with Crippen LogP contribution in [0.2, 0.25) is 0 Å². The Morgan fingerprint density at radius 3 is 0.946 bits per heavy atom. The molecule has 0 aromatic heterocycles. The highest BCUT2D eigenvalue weighted by Crippen LogP contribution is 2.16. The molecule has 1 unspecified atom stereocenters. The molecule has 0 aliphatic rings. The van der Waals surface area contributed by atoms with Crippen molar-refractivity contribution in [2.24, 2.45) is 0 Å². The summed E-state index contributed by atoms with van der Waals surface area (Å²) in [6.07, 6.45) is 49.1. The topological polar surface area (TPSA) is 78.9 Å². The van der Waals surface area contributed by atoms with E-state index in [1.165, 1.54) is 154 Å². The highest BCUT2D eigenvalue weighted by molar-refractivity contribution is 5.71. The molecule has 0 amide bonds. The molecule has 0 heterocycles. The maximum Gasteiger partial charge on any atom is 0.306 e. The van der Waals surface area contributed by atoms with Gasteiger partial charge in [-0.1, -0.05) is 226 Å². The lowest BCUT2D eigenvalue weighted by atomic mass is 10.0. The second-order valence-electron chi connectivity index (χ2n) is 16.7. The Balaban J connectivity index is 4.29. The molecule has 0 rings (SSSR count). The summed E-state index contributed by atoms with van der Waals surface area (Å²) in [5.74, 6) is -0.870. The summed E-state index contributed by atoms with van der Waals surface area (Å²) in [5, 5.41) is 0. The van der Waals surface area contributed by atoms with Crippen LogP contribution >= 0.6 is 0 Å². The van der Waals surface area contributed by atoms with Gasteiger partial charge in [0.25, 0.3) is 0 Å². The fourth-order valence-electron chi connectivity index (χ4n) is 7.25. The average molecular weight is 791 g/mol. The van der Waals surface area contributed by atoms with Gasteiger partial charge in [0.05, 0.1) is 0 Å². The van der Waals surface area contributed by atoms with Crippen LogP contribution in [-0.4, -0.2) is 37.2 Å². The summed E-state index contributed by atoms with van der Waals surface area (Å²) >= 11 is 0. The number of hydrogen-bond acceptors (Lipinski definition) is 6. The molecule has 0 aromatic rings. The van der Waals surface area contributed by atoms with Gasteiger partial charge < -0.3 is 14.2 Å². The first-order valence-corrected chi connectivity index (χ1v) is 24.7. The SMILES string of the molecule is CCCC/C=C\CCCCCCC(=O)OCC(COC(=O)CCCCCCCCCCCCCCCCCC)OC(=O)CCCCCCCCCCCCCC. The lowest BCUT2D eigenvalue weighted by Crippen LogP contribution is -2.30. The monoisotopic (exact) mass is 791 g/mol. The lowest BCUT2D eigenvalue weighted by molar-refractivity contribution is -0.167. The van der Waals surface area contributed by atoms with Gasteiger partial charge in [-0.2, -0.15) is 0 Å². The van der Waals surface area contributed by atoms with E-state index in [4.69, 9.17) is 14.2 Å². The second kappa shape index (κ2) is 45.8. The molecule has 0 radical (unpaired) electrons. The molecule has 6 heteroatoms. The number of unbranched alkanes of at least 4 members (excludes halogenated alkanes) is 32. The number of rotatable bonds is 45. The zero-order valence-corrected chi connectivity index (χ0v) is 37.7. The Morgan fingerprint density at radius 1 is 0.339 bits per heavy atom. The number of esters is 3. The molecule has 0 aliphatic heterocycles. The summed E-state index contributed by atoms with van der Waals surface area (Å²) in [5.41, 5.74) is 0. The third-order valence-corrected chi connectivity index (χ3v) is 11.0. The molecular weight excluding hydrogens is 697 g/mol. The van der Waals surface area contributed by atoms with Crippen molar-refractivity contribution >= 4 is 17.9 Å². The first-order chi connectivity index (χ1) is 27.5. The largest absolute Gasteiger partial charge is 0.462 e. The smallest absolute Gasteiger partial charge is 0.306 e. The molecule has 0 aliphatic carbocycles. The third-order valence-electron chi connectivity index (χ3n) is 11.0. The van der Waals surface area contributed by atoms with E-state index in [9.17, 15) is 14.4 Å². The Morgan fingerprint density at radius 2 is 0.607 bits per heavy atom. The molecule has 0 fully saturated rings. The van der Waals surface area contributed by atoms with Gasteiger partial charge >= 0.3 is 17.9 Å². The Kier molecular flexibility index (Phi) is 44.3. The van der Waals surface area contributed by atoms with Crippen LogP contribution in [-0.2, 0) is 28.6 Å². The van der Waals surface area contributed by atoms with E-state index in [-0.39, 0.29) is 31.1 Å². The van der Waals surface area contributed by atoms with Gasteiger partial charge in [0.1, 0.15) is 13.2 Å². The summed E-state index contributed by atoms with van der Waals surface area (Å²) in [6.45, 7) is 6.61. The van der Waals surface area contributed by atoms with Crippen molar-refractivity contribution in [3.05, 3.63) is 12.2 Å². The minimum absolute atomic E-state index is 0.0685. The highest BCUT2D eigenvalue weighted by Gasteiger charge is 2.19. The number of carbonyl (C=O) groups excluding carboxylic acids is 3. The van der Waals surface area contributed by atoms with E-state index in [0.29, 0.717) is 19.3 Å². The number of carbonyl (C=O) groups is 3. The number of allylic oxidation sites excluding steroid dienone is 2. The molecule has 0 saturated heterocycles. The van der Waals surface area contributed by atoms with Crippen molar-refractivity contribution in [3.8, 4) is 0 Å². The maximum absolute atomic E-state index is 12.7. The first-order valence-electron chi connectivity index (χ1n) is 24.7. The third kappa shape index (κ3) is 43.3. The van der Waals surface area contributed by atoms with Crippen LogP contribution < -0.4 is 0 Å². The molecular formula is C50H94O6. The van der Waals surface area contributed by atoms with Gasteiger partial charge in [-0.3, -0.25) is 14.4 Å². The quantitative estimate of drug-likeness (QED) is 0.0264. The van der Waals surface area contributed by atoms with E-state index in [2.05, 4.69) is 32.9 Å². The summed E-state index contributed by atoms with van der Waals surface area (Å²) in [7, 11) is 0. The molecule has 56 heavy (non-hydrogen) atoms. The van der Waals surface area contributed by atoms with E-state index in [0.717, 1.165) is 77.0 Å². The van der Waals surface area contributed by atoms with Gasteiger partial charge in [0.15, 0.2) is 6.10 Å². The van der Waals surface area contributed by atoms with E-state index < -0.39 is 6.10 Å². The van der Waals surface area contributed by atoms with Crippen LogP contribution in [0.1, 0.15) is 271 Å². The molecule has 0 N–H and O–H groups in total. The van der Waals surface area contributed by atoms with E-state index in [1.54, 1.807) is 0 Å². The van der Waals surface area contributed by atoms with Crippen LogP contribution in [0.15, 0.2) is 12.2 Å². The molecule has 330 valence electrons. The van der Waals surface area contributed by atoms with E-state index in [1.807, 2.05) is 0 Å². The standard InChI is InChI=1S/C50H94O6/c1-4-7-10-13-16-19-22-24-25-26-27-29-31-34-37-40-43-49(52)55-46-47(45-54-48(51)42-39-36-33-30-21-18-15-12-9-6-3)56-50(53)44-41-38-35-32-28-23-20-17-14-11-8-5-2/h15,18,47H,4-14,16-17,19-46H2,1-3H3/b18-15-. The average Bonchev–Trinajstić information content (AvgIpc) is 3.19. The highest BCUT2D eigenvalue weighted by atomic mass is 16.6. The van der Waals surface area contributed by atoms with Crippen molar-refractivity contribution in [3.63, 3.8) is 0 Å². The predicted molar refractivity (Wildman–Crippen MR) is 238 cm³/mol. The zero-order chi connectivity index (χ0) is 40.8. The molecule has 6 nitrogen and oxygen atoms in total. The van der Waals surface area contributed by atoms with Gasteiger partial charge in [-0.05, 0) is 38.5 Å². The fourth-order valence-corrected chi connectivity index (χ4v) is 7.25. The van der Waals surface area contributed by atoms with Crippen LogP contribution in [0.25, 0.3) is 0 Å². The van der Waals surface area contributed by atoms with Crippen molar-refractivity contribution in [1.82, 2.24) is 0 Å². The molecule has 1 atom stereocenters. The number of hydrogen-bond donors (Lipinski definition) is 0. The van der Waals surface area contributed by atoms with Gasteiger partial charge in [0, 0.05) is 19.3 Å². The normalized spacial score (nSPS) is 12.0. The van der Waals surface area contributed by atoms with Crippen LogP contribution in [0.5, 0.6) is 0 Å². The first kappa shape index (κ1) is 54.2. The van der Waals surface area contributed by atoms with Gasteiger partial charge in [0.2, 0.25) is 0 Å². The van der Waals surface area contributed by atoms with Crippen LogP contribution in [0.3, 0.4) is 0 Å². The molecule has 0 aromatic carbocycles. The van der Waals surface area contributed by atoms with Crippen molar-refractivity contribution in [2.75, 3.05) is 13.2 Å². The van der Waals surface area contributed by atoms with Crippen LogP contribution in [0.4, 0.5) is 0 Å². The van der Waals surface area contributed by atoms with Crippen molar-refractivity contribution < 1.29 is 28.6 Å². The fraction of sp³-hybridized carbons (Fsp3) is 0.900. The van der Waals surface area contributed by atoms with Crippen molar-refractivity contribution in [2.45, 2.75) is 277 Å². The summed E-state index contributed by atoms with van der Waals surface area (Å²) < 4.78 is 16.7. The number of ether oxygens (including phenoxy) is 3. The lowest BCUT2D eigenvalue weighted by Gasteiger charge is -2.18. The van der Waals surface area contributed by atoms with Crippen LogP contribution in [0, 0.1) is 0 Å². The minimum atomic E-state index is -0.766. The Bertz CT molecular complexity index is 870. The molecule has 0 saturated carbocycles. The van der Waals surface area contributed by atoms with Crippen molar-refractivity contribution in [1.29, 1.82) is 0 Å². The second-order valence-corrected chi connectivity index (χ2v) is 16.7. The Hall–Kier alpha value is -1.85. The summed E-state index contributed by atoms with van der Waals surface area (Å²) in [6, 6.07) is 0. The zero-order valence-electron chi connectivity index (χ0n) is 37.7. The van der Waals surface area contributed by atoms with E-state index >= 15 is 0 Å². The maximum atomic E-state index is 12.7. The van der Waals surface area contributed by atoms with Gasteiger partial charge in [-0.15, -0.1) is 0 Å². The molecule has 0 spiro atoms. The predicted octanol–water partition coefficient (Wildman–Crippen LogP) is 15.8. The minimum Gasteiger partial charge on any atom is -0.462 e.